The van der Waals surface area contributed by atoms with Crippen molar-refractivity contribution < 1.29 is 29.0 Å². The summed E-state index contributed by atoms with van der Waals surface area (Å²) in [5, 5.41) is 9.32. The van der Waals surface area contributed by atoms with Crippen molar-refractivity contribution in [2.75, 3.05) is 13.2 Å². The predicted molar refractivity (Wildman–Crippen MR) is 66.3 cm³/mol. The van der Waals surface area contributed by atoms with E-state index in [9.17, 15) is 24.3 Å². The van der Waals surface area contributed by atoms with Crippen LogP contribution in [0.2, 0.25) is 0 Å². The van der Waals surface area contributed by atoms with E-state index in [0.29, 0.717) is 0 Å². The molecule has 0 fully saturated rings. The number of H-pyrrole nitrogens is 1. The molecular weight excluding hydrogens is 286 g/mol. The zero-order valence-electron chi connectivity index (χ0n) is 11.0. The number of hydrogen-bond donors (Lipinski definition) is 3. The summed E-state index contributed by atoms with van der Waals surface area (Å²) in [6.07, 6.45) is -0.858. The van der Waals surface area contributed by atoms with Gasteiger partial charge in [0.2, 0.25) is 0 Å². The number of aliphatic hydroxyl groups excluding tert-OH is 1. The SMILES string of the molecule is CCOC(=O)C(O)COC(=O)c1cnc(C(N)=O)[nH]c1=O. The highest BCUT2D eigenvalue weighted by Crippen LogP contribution is 1.97. The average Bonchev–Trinajstić information content (AvgIpc) is 2.44. The van der Waals surface area contributed by atoms with Crippen molar-refractivity contribution in [2.24, 2.45) is 5.73 Å². The Balaban J connectivity index is 2.70. The highest BCUT2D eigenvalue weighted by atomic mass is 16.6. The van der Waals surface area contributed by atoms with E-state index in [4.69, 9.17) is 5.73 Å². The zero-order chi connectivity index (χ0) is 16.0. The van der Waals surface area contributed by atoms with E-state index in [1.807, 2.05) is 4.98 Å². The summed E-state index contributed by atoms with van der Waals surface area (Å²) in [7, 11) is 0. The number of amides is 1. The van der Waals surface area contributed by atoms with Crippen molar-refractivity contribution in [3.8, 4) is 0 Å². The number of primary amides is 1. The zero-order valence-corrected chi connectivity index (χ0v) is 11.0. The molecule has 0 radical (unpaired) electrons. The van der Waals surface area contributed by atoms with Crippen LogP contribution >= 0.6 is 0 Å². The first-order valence-corrected chi connectivity index (χ1v) is 5.77. The van der Waals surface area contributed by atoms with Crippen LogP contribution in [0.15, 0.2) is 11.0 Å². The van der Waals surface area contributed by atoms with Crippen LogP contribution in [0.25, 0.3) is 0 Å². The molecule has 1 unspecified atom stereocenters. The third kappa shape index (κ3) is 4.38. The summed E-state index contributed by atoms with van der Waals surface area (Å²) in [6, 6.07) is 0. The Morgan fingerprint density at radius 3 is 2.62 bits per heavy atom. The van der Waals surface area contributed by atoms with Crippen molar-refractivity contribution in [3.63, 3.8) is 0 Å². The number of nitrogens with one attached hydrogen (secondary N) is 1. The van der Waals surface area contributed by atoms with Gasteiger partial charge in [-0.15, -0.1) is 0 Å². The molecule has 0 saturated heterocycles. The quantitative estimate of drug-likeness (QED) is 0.505. The molecule has 21 heavy (non-hydrogen) atoms. The number of esters is 2. The molecule has 1 rings (SSSR count). The van der Waals surface area contributed by atoms with Gasteiger partial charge in [0.15, 0.2) is 11.9 Å². The van der Waals surface area contributed by atoms with Gasteiger partial charge in [0, 0.05) is 6.20 Å². The number of rotatable bonds is 6. The standard InChI is InChI=1S/C11H13N3O7/c1-2-20-11(19)6(15)4-21-10(18)5-3-13-8(7(12)16)14-9(5)17/h3,6,15H,2,4H2,1H3,(H2,12,16)(H,13,14,17). The first kappa shape index (κ1) is 16.3. The maximum atomic E-state index is 11.6. The molecule has 0 saturated carbocycles. The van der Waals surface area contributed by atoms with E-state index in [1.54, 1.807) is 6.92 Å². The lowest BCUT2D eigenvalue weighted by molar-refractivity contribution is -0.155. The number of aliphatic hydroxyl groups is 1. The fourth-order valence-electron chi connectivity index (χ4n) is 1.20. The lowest BCUT2D eigenvalue weighted by Gasteiger charge is -2.09. The Morgan fingerprint density at radius 2 is 2.10 bits per heavy atom. The summed E-state index contributed by atoms with van der Waals surface area (Å²) < 4.78 is 9.07. The van der Waals surface area contributed by atoms with Crippen LogP contribution in [0.5, 0.6) is 0 Å². The summed E-state index contributed by atoms with van der Waals surface area (Å²) >= 11 is 0. The molecule has 10 heteroatoms. The van der Waals surface area contributed by atoms with E-state index >= 15 is 0 Å². The average molecular weight is 299 g/mol. The number of hydrogen-bond acceptors (Lipinski definition) is 8. The molecule has 1 heterocycles. The molecule has 1 atom stereocenters. The van der Waals surface area contributed by atoms with Crippen molar-refractivity contribution in [2.45, 2.75) is 13.0 Å². The van der Waals surface area contributed by atoms with E-state index in [2.05, 4.69) is 14.5 Å². The van der Waals surface area contributed by atoms with E-state index in [1.165, 1.54) is 0 Å². The van der Waals surface area contributed by atoms with Crippen LogP contribution in [-0.4, -0.2) is 52.2 Å². The molecule has 0 bridgehead atoms. The van der Waals surface area contributed by atoms with Crippen LogP contribution < -0.4 is 11.3 Å². The van der Waals surface area contributed by atoms with Crippen molar-refractivity contribution in [1.82, 2.24) is 9.97 Å². The van der Waals surface area contributed by atoms with Gasteiger partial charge in [-0.2, -0.15) is 0 Å². The summed E-state index contributed by atoms with van der Waals surface area (Å²) in [5.74, 6) is -3.46. The van der Waals surface area contributed by atoms with E-state index in [-0.39, 0.29) is 6.61 Å². The maximum absolute atomic E-state index is 11.6. The first-order chi connectivity index (χ1) is 9.86. The molecule has 0 aliphatic carbocycles. The van der Waals surface area contributed by atoms with Crippen LogP contribution in [0.4, 0.5) is 0 Å². The first-order valence-electron chi connectivity index (χ1n) is 5.77. The molecule has 10 nitrogen and oxygen atoms in total. The third-order valence-corrected chi connectivity index (χ3v) is 2.18. The Bertz CT molecular complexity index is 610. The van der Waals surface area contributed by atoms with E-state index in [0.717, 1.165) is 6.20 Å². The normalized spacial score (nSPS) is 11.5. The van der Waals surface area contributed by atoms with Gasteiger partial charge in [0.25, 0.3) is 11.5 Å². The summed E-state index contributed by atoms with van der Waals surface area (Å²) in [5.41, 5.74) is 3.46. The van der Waals surface area contributed by atoms with Gasteiger partial charge in [0.05, 0.1) is 6.61 Å². The summed E-state index contributed by atoms with van der Waals surface area (Å²) in [4.78, 5) is 50.4. The fourth-order valence-corrected chi connectivity index (χ4v) is 1.20. The second-order valence-corrected chi connectivity index (χ2v) is 3.71. The molecule has 1 aromatic rings. The van der Waals surface area contributed by atoms with Crippen LogP contribution in [-0.2, 0) is 14.3 Å². The Labute approximate surface area is 117 Å². The van der Waals surface area contributed by atoms with Gasteiger partial charge >= 0.3 is 11.9 Å². The van der Waals surface area contributed by atoms with Gasteiger partial charge in [-0.1, -0.05) is 0 Å². The number of carbonyl (C=O) groups excluding carboxylic acids is 3. The molecule has 0 spiro atoms. The lowest BCUT2D eigenvalue weighted by atomic mass is 10.3. The smallest absolute Gasteiger partial charge is 0.345 e. The predicted octanol–water partition coefficient (Wildman–Crippen LogP) is -2.05. The molecule has 0 aromatic carbocycles. The van der Waals surface area contributed by atoms with E-state index < -0.39 is 47.5 Å². The third-order valence-electron chi connectivity index (χ3n) is 2.18. The molecule has 1 amide bonds. The number of ether oxygens (including phenoxy) is 2. The number of nitrogens with two attached hydrogens (primary N) is 1. The minimum Gasteiger partial charge on any atom is -0.464 e. The van der Waals surface area contributed by atoms with Crippen LogP contribution in [0.1, 0.15) is 27.9 Å². The maximum Gasteiger partial charge on any atom is 0.345 e. The van der Waals surface area contributed by atoms with Gasteiger partial charge in [-0.3, -0.25) is 9.59 Å². The highest BCUT2D eigenvalue weighted by molar-refractivity contribution is 5.91. The minimum absolute atomic E-state index is 0.0575. The highest BCUT2D eigenvalue weighted by Gasteiger charge is 2.21. The lowest BCUT2D eigenvalue weighted by Crippen LogP contribution is -2.31. The number of nitrogens with zero attached hydrogens (tertiary/aromatic N) is 1. The topological polar surface area (TPSA) is 162 Å². The molecule has 0 aliphatic heterocycles. The Morgan fingerprint density at radius 1 is 1.43 bits per heavy atom. The number of aromatic nitrogens is 2. The molecular formula is C11H13N3O7. The van der Waals surface area contributed by atoms with Gasteiger partial charge in [-0.25, -0.2) is 14.6 Å². The molecule has 1 aromatic heterocycles. The summed E-state index contributed by atoms with van der Waals surface area (Å²) in [6.45, 7) is 0.915. The van der Waals surface area contributed by atoms with Crippen LogP contribution in [0, 0.1) is 0 Å². The molecule has 0 aliphatic rings. The Hall–Kier alpha value is -2.75. The van der Waals surface area contributed by atoms with Crippen molar-refractivity contribution in [3.05, 3.63) is 27.9 Å². The molecule has 114 valence electrons. The molecule has 4 N–H and O–H groups in total. The van der Waals surface area contributed by atoms with Crippen molar-refractivity contribution >= 4 is 17.8 Å². The second kappa shape index (κ2) is 7.14. The second-order valence-electron chi connectivity index (χ2n) is 3.71. The largest absolute Gasteiger partial charge is 0.464 e. The van der Waals surface area contributed by atoms with Gasteiger partial charge < -0.3 is 25.3 Å². The monoisotopic (exact) mass is 299 g/mol. The van der Waals surface area contributed by atoms with Gasteiger partial charge in [0.1, 0.15) is 12.2 Å². The van der Waals surface area contributed by atoms with Gasteiger partial charge in [-0.05, 0) is 6.92 Å². The minimum atomic E-state index is -1.66. The van der Waals surface area contributed by atoms with Crippen molar-refractivity contribution in [1.29, 1.82) is 0 Å². The Kier molecular flexibility index (Phi) is 5.55. The number of carbonyl (C=O) groups is 3. The number of aromatic amines is 1. The fraction of sp³-hybridized carbons (Fsp3) is 0.364. The van der Waals surface area contributed by atoms with Crippen LogP contribution in [0.3, 0.4) is 0 Å².